The highest BCUT2D eigenvalue weighted by atomic mass is 16.3. The molecule has 3 unspecified atom stereocenters. The average Bonchev–Trinajstić information content (AvgIpc) is 3.41. The molecule has 11 atom stereocenters. The van der Waals surface area contributed by atoms with Crippen molar-refractivity contribution < 1.29 is 9.90 Å². The van der Waals surface area contributed by atoms with E-state index in [-0.39, 0.29) is 10.8 Å². The molecular weight excluding hydrogens is 296 g/mol. The van der Waals surface area contributed by atoms with Gasteiger partial charge in [0, 0.05) is 11.3 Å². The SMILES string of the molecule is C[C@H]1CC[C@]2(C)C3CC[C@]4(C)C(=O)[C@H]5CC5C4[C@@H]3[C@H]3C[C@H]3[C@]2(O)C1. The minimum absolute atomic E-state index is 0.00430. The summed E-state index contributed by atoms with van der Waals surface area (Å²) in [5.74, 6) is 5.79. The van der Waals surface area contributed by atoms with Gasteiger partial charge < -0.3 is 5.11 Å². The van der Waals surface area contributed by atoms with Crippen molar-refractivity contribution >= 4 is 5.78 Å². The van der Waals surface area contributed by atoms with Gasteiger partial charge in [0.25, 0.3) is 0 Å². The Morgan fingerprint density at radius 2 is 1.83 bits per heavy atom. The lowest BCUT2D eigenvalue weighted by atomic mass is 9.42. The van der Waals surface area contributed by atoms with Crippen LogP contribution in [0.15, 0.2) is 0 Å². The predicted molar refractivity (Wildman–Crippen MR) is 92.1 cm³/mol. The van der Waals surface area contributed by atoms with Crippen LogP contribution in [0.3, 0.4) is 0 Å². The van der Waals surface area contributed by atoms with Crippen molar-refractivity contribution in [1.29, 1.82) is 0 Å². The smallest absolute Gasteiger partial charge is 0.142 e. The number of carbonyl (C=O) groups excluding carboxylic acids is 1. The van der Waals surface area contributed by atoms with Crippen LogP contribution in [-0.2, 0) is 4.79 Å². The number of Topliss-reactive ketones (excluding diaryl/α,β-unsaturated/α-hetero) is 1. The van der Waals surface area contributed by atoms with Gasteiger partial charge in [0.05, 0.1) is 5.60 Å². The molecule has 0 aromatic rings. The summed E-state index contributed by atoms with van der Waals surface area (Å²) in [4.78, 5) is 12.9. The normalized spacial score (nSPS) is 69.1. The zero-order valence-corrected chi connectivity index (χ0v) is 15.4. The first kappa shape index (κ1) is 14.8. The summed E-state index contributed by atoms with van der Waals surface area (Å²) in [5.41, 5.74) is -0.301. The van der Waals surface area contributed by atoms with Gasteiger partial charge in [0.2, 0.25) is 0 Å². The lowest BCUT2D eigenvalue weighted by Crippen LogP contribution is -2.63. The summed E-state index contributed by atoms with van der Waals surface area (Å²) in [7, 11) is 0. The third kappa shape index (κ3) is 1.38. The fourth-order valence-electron chi connectivity index (χ4n) is 9.08. The predicted octanol–water partition coefficient (Wildman–Crippen LogP) is 4.06. The third-order valence-corrected chi connectivity index (χ3v) is 10.4. The van der Waals surface area contributed by atoms with E-state index in [0.717, 1.165) is 24.7 Å². The largest absolute Gasteiger partial charge is 0.389 e. The Bertz CT molecular complexity index is 642. The molecule has 0 radical (unpaired) electrons. The van der Waals surface area contributed by atoms with Crippen LogP contribution in [0.2, 0.25) is 0 Å². The lowest BCUT2D eigenvalue weighted by molar-refractivity contribution is -0.218. The second-order valence-electron chi connectivity index (χ2n) is 11.2. The van der Waals surface area contributed by atoms with Gasteiger partial charge >= 0.3 is 0 Å². The van der Waals surface area contributed by atoms with E-state index in [2.05, 4.69) is 20.8 Å². The van der Waals surface area contributed by atoms with Crippen LogP contribution in [0.4, 0.5) is 0 Å². The summed E-state index contributed by atoms with van der Waals surface area (Å²) in [6.07, 6.45) is 8.26. The van der Waals surface area contributed by atoms with Crippen LogP contribution in [-0.4, -0.2) is 16.5 Å². The van der Waals surface area contributed by atoms with Crippen LogP contribution in [0.5, 0.6) is 0 Å². The highest BCUT2D eigenvalue weighted by Gasteiger charge is 2.78. The molecular formula is C22H32O2. The zero-order chi connectivity index (χ0) is 16.6. The number of carbonyl (C=O) groups is 1. The van der Waals surface area contributed by atoms with E-state index in [1.54, 1.807) is 0 Å². The molecule has 2 heteroatoms. The minimum Gasteiger partial charge on any atom is -0.389 e. The highest BCUT2D eigenvalue weighted by Crippen LogP contribution is 2.79. The minimum atomic E-state index is -0.407. The molecule has 0 saturated heterocycles. The van der Waals surface area contributed by atoms with E-state index >= 15 is 0 Å². The van der Waals surface area contributed by atoms with Crippen LogP contribution >= 0.6 is 0 Å². The molecule has 6 aliphatic carbocycles. The second kappa shape index (κ2) is 3.97. The third-order valence-electron chi connectivity index (χ3n) is 10.4. The lowest BCUT2D eigenvalue weighted by Gasteiger charge is -2.63. The van der Waals surface area contributed by atoms with E-state index in [0.29, 0.717) is 41.3 Å². The quantitative estimate of drug-likeness (QED) is 0.728. The van der Waals surface area contributed by atoms with Gasteiger partial charge in [0.15, 0.2) is 0 Å². The van der Waals surface area contributed by atoms with E-state index < -0.39 is 5.60 Å². The monoisotopic (exact) mass is 328 g/mol. The van der Waals surface area contributed by atoms with Crippen molar-refractivity contribution in [2.45, 2.75) is 71.3 Å². The summed E-state index contributed by atoms with van der Waals surface area (Å²) in [5, 5.41) is 11.8. The van der Waals surface area contributed by atoms with Gasteiger partial charge in [0.1, 0.15) is 5.78 Å². The first-order valence-electron chi connectivity index (χ1n) is 10.6. The fourth-order valence-corrected chi connectivity index (χ4v) is 9.08. The molecule has 1 N–H and O–H groups in total. The molecule has 0 spiro atoms. The van der Waals surface area contributed by atoms with Gasteiger partial charge in [-0.15, -0.1) is 0 Å². The molecule has 6 fully saturated rings. The Kier molecular flexibility index (Phi) is 2.44. The maximum Gasteiger partial charge on any atom is 0.142 e. The Balaban J connectivity index is 1.45. The zero-order valence-electron chi connectivity index (χ0n) is 15.4. The molecule has 0 aromatic heterocycles. The first-order valence-corrected chi connectivity index (χ1v) is 10.6. The molecule has 6 rings (SSSR count). The van der Waals surface area contributed by atoms with Crippen LogP contribution in [0.25, 0.3) is 0 Å². The molecule has 0 bridgehead atoms. The van der Waals surface area contributed by atoms with Gasteiger partial charge in [-0.05, 0) is 91.8 Å². The standard InChI is InChI=1S/C22H32O2/c1-11-4-7-21(3)15-5-6-20(2)18(12-8-13(12)19(20)23)17(15)14-9-16(14)22(21,24)10-11/h11-18,24H,4-10H2,1-3H3/t11-,12?,13-,14-,15?,16+,17+,18?,20-,21+,22+/m0/s1. The molecule has 132 valence electrons. The molecule has 0 aromatic carbocycles. The van der Waals surface area contributed by atoms with Crippen molar-refractivity contribution in [1.82, 2.24) is 0 Å². The van der Waals surface area contributed by atoms with Gasteiger partial charge in [-0.1, -0.05) is 20.8 Å². The van der Waals surface area contributed by atoms with Crippen LogP contribution in [0, 0.1) is 58.2 Å². The van der Waals surface area contributed by atoms with Gasteiger partial charge in [-0.25, -0.2) is 0 Å². The van der Waals surface area contributed by atoms with Crippen LogP contribution < -0.4 is 0 Å². The molecule has 6 aliphatic rings. The molecule has 24 heavy (non-hydrogen) atoms. The number of hydrogen-bond donors (Lipinski definition) is 1. The summed E-state index contributed by atoms with van der Waals surface area (Å²) < 4.78 is 0. The van der Waals surface area contributed by atoms with Crippen molar-refractivity contribution in [3.8, 4) is 0 Å². The Morgan fingerprint density at radius 1 is 1.04 bits per heavy atom. The molecule has 0 aliphatic heterocycles. The van der Waals surface area contributed by atoms with E-state index in [1.807, 2.05) is 0 Å². The number of fused-ring (bicyclic) bond motifs is 10. The van der Waals surface area contributed by atoms with Crippen molar-refractivity contribution in [3.63, 3.8) is 0 Å². The van der Waals surface area contributed by atoms with Crippen molar-refractivity contribution in [3.05, 3.63) is 0 Å². The maximum atomic E-state index is 12.9. The average molecular weight is 328 g/mol. The number of rotatable bonds is 0. The van der Waals surface area contributed by atoms with E-state index in [1.165, 1.54) is 32.1 Å². The summed E-state index contributed by atoms with van der Waals surface area (Å²) >= 11 is 0. The van der Waals surface area contributed by atoms with Crippen LogP contribution in [0.1, 0.15) is 65.7 Å². The number of hydrogen-bond acceptors (Lipinski definition) is 2. The maximum absolute atomic E-state index is 12.9. The Hall–Kier alpha value is -0.370. The van der Waals surface area contributed by atoms with Crippen molar-refractivity contribution in [2.24, 2.45) is 58.2 Å². The topological polar surface area (TPSA) is 37.3 Å². The summed E-state index contributed by atoms with van der Waals surface area (Å²) in [6.45, 7) is 7.09. The number of aliphatic hydroxyl groups is 1. The molecule has 6 saturated carbocycles. The first-order chi connectivity index (χ1) is 11.3. The van der Waals surface area contributed by atoms with Crippen molar-refractivity contribution in [2.75, 3.05) is 0 Å². The Morgan fingerprint density at radius 3 is 2.62 bits per heavy atom. The Labute approximate surface area is 145 Å². The van der Waals surface area contributed by atoms with Gasteiger partial charge in [-0.2, -0.15) is 0 Å². The molecule has 2 nitrogen and oxygen atoms in total. The number of ketones is 1. The summed E-state index contributed by atoms with van der Waals surface area (Å²) in [6, 6.07) is 0. The van der Waals surface area contributed by atoms with E-state index in [9.17, 15) is 9.90 Å². The highest BCUT2D eigenvalue weighted by molar-refractivity contribution is 5.92. The second-order valence-corrected chi connectivity index (χ2v) is 11.2. The fraction of sp³-hybridized carbons (Fsp3) is 0.955. The molecule has 0 amide bonds. The molecule has 0 heterocycles. The van der Waals surface area contributed by atoms with E-state index in [4.69, 9.17) is 0 Å². The van der Waals surface area contributed by atoms with Gasteiger partial charge in [-0.3, -0.25) is 4.79 Å².